The highest BCUT2D eigenvalue weighted by molar-refractivity contribution is 6.29. The second kappa shape index (κ2) is 3.90. The molecule has 1 aliphatic rings. The van der Waals surface area contributed by atoms with Crippen LogP contribution in [0.5, 0.6) is 0 Å². The Bertz CT molecular complexity index is 789. The summed E-state index contributed by atoms with van der Waals surface area (Å²) in [5, 5.41) is 0.902. The first kappa shape index (κ1) is 11.2. The first-order valence-corrected chi connectivity index (χ1v) is 6.41. The molecule has 0 saturated heterocycles. The molecule has 20 heavy (non-hydrogen) atoms. The number of benzene rings is 2. The van der Waals surface area contributed by atoms with E-state index in [1.165, 1.54) is 0 Å². The molecule has 0 N–H and O–H groups in total. The highest BCUT2D eigenvalue weighted by Crippen LogP contribution is 2.36. The number of rotatable bonds is 1. The molecule has 4 rings (SSSR count). The van der Waals surface area contributed by atoms with Gasteiger partial charge in [0.05, 0.1) is 0 Å². The van der Waals surface area contributed by atoms with Gasteiger partial charge in [0.25, 0.3) is 0 Å². The minimum absolute atomic E-state index is 0.176. The summed E-state index contributed by atoms with van der Waals surface area (Å²) in [5.41, 5.74) is 1.67. The fourth-order valence-corrected chi connectivity index (χ4v) is 2.75. The number of para-hydroxylation sites is 1. The lowest BCUT2D eigenvalue weighted by atomic mass is 10.0. The minimum atomic E-state index is -0.834. The number of ketones is 2. The molecule has 0 amide bonds. The molecule has 0 radical (unpaired) electrons. The van der Waals surface area contributed by atoms with Crippen LogP contribution in [0.25, 0.3) is 11.0 Å². The largest absolute Gasteiger partial charge is 0.460 e. The molecule has 3 heteroatoms. The Balaban J connectivity index is 1.88. The molecule has 0 bridgehead atoms. The Hall–Kier alpha value is -2.68. The van der Waals surface area contributed by atoms with Gasteiger partial charge in [0.15, 0.2) is 11.6 Å². The minimum Gasteiger partial charge on any atom is -0.460 e. The van der Waals surface area contributed by atoms with E-state index in [2.05, 4.69) is 0 Å². The molecule has 2 aromatic carbocycles. The van der Waals surface area contributed by atoms with E-state index in [0.717, 1.165) is 5.39 Å². The fourth-order valence-electron chi connectivity index (χ4n) is 2.75. The predicted molar refractivity (Wildman–Crippen MR) is 74.1 cm³/mol. The second-order valence-corrected chi connectivity index (χ2v) is 4.89. The Labute approximate surface area is 114 Å². The van der Waals surface area contributed by atoms with Crippen LogP contribution in [0.1, 0.15) is 32.4 Å². The van der Waals surface area contributed by atoms with Crippen LogP contribution in [-0.2, 0) is 0 Å². The van der Waals surface area contributed by atoms with Crippen molar-refractivity contribution in [1.29, 1.82) is 0 Å². The molecule has 0 saturated carbocycles. The SMILES string of the molecule is O=C1c2ccccc2C(=O)C1c1cc2ccccc2o1. The normalized spacial score (nSPS) is 15.0. The zero-order chi connectivity index (χ0) is 13.7. The molecule has 0 spiro atoms. The van der Waals surface area contributed by atoms with Gasteiger partial charge in [-0.1, -0.05) is 42.5 Å². The molecule has 1 aliphatic carbocycles. The van der Waals surface area contributed by atoms with Crippen LogP contribution in [-0.4, -0.2) is 11.6 Å². The van der Waals surface area contributed by atoms with Gasteiger partial charge in [-0.05, 0) is 12.1 Å². The van der Waals surface area contributed by atoms with Crippen LogP contribution in [0, 0.1) is 0 Å². The van der Waals surface area contributed by atoms with Gasteiger partial charge in [-0.3, -0.25) is 9.59 Å². The van der Waals surface area contributed by atoms with E-state index in [1.54, 1.807) is 30.3 Å². The standard InChI is InChI=1S/C17H10O3/c18-16-11-6-2-3-7-12(11)17(19)15(16)14-9-10-5-1-4-8-13(10)20-14/h1-9,15H. The van der Waals surface area contributed by atoms with Crippen molar-refractivity contribution in [3.63, 3.8) is 0 Å². The summed E-state index contributed by atoms with van der Waals surface area (Å²) in [6, 6.07) is 16.2. The van der Waals surface area contributed by atoms with Gasteiger partial charge >= 0.3 is 0 Å². The van der Waals surface area contributed by atoms with Gasteiger partial charge in [0, 0.05) is 16.5 Å². The third-order valence-electron chi connectivity index (χ3n) is 3.71. The summed E-state index contributed by atoms with van der Waals surface area (Å²) in [7, 11) is 0. The van der Waals surface area contributed by atoms with Gasteiger partial charge in [-0.25, -0.2) is 0 Å². The van der Waals surface area contributed by atoms with Gasteiger partial charge in [-0.15, -0.1) is 0 Å². The zero-order valence-electron chi connectivity index (χ0n) is 10.5. The lowest BCUT2D eigenvalue weighted by Gasteiger charge is -2.01. The maximum Gasteiger partial charge on any atom is 0.182 e. The lowest BCUT2D eigenvalue weighted by Crippen LogP contribution is -2.11. The Morgan fingerprint density at radius 3 is 2.05 bits per heavy atom. The fraction of sp³-hybridized carbons (Fsp3) is 0.0588. The van der Waals surface area contributed by atoms with E-state index in [0.29, 0.717) is 22.5 Å². The van der Waals surface area contributed by atoms with Gasteiger partial charge in [0.1, 0.15) is 17.3 Å². The number of hydrogen-bond donors (Lipinski definition) is 0. The van der Waals surface area contributed by atoms with Crippen molar-refractivity contribution < 1.29 is 14.0 Å². The van der Waals surface area contributed by atoms with E-state index in [9.17, 15) is 9.59 Å². The first-order chi connectivity index (χ1) is 9.75. The summed E-state index contributed by atoms with van der Waals surface area (Å²) < 4.78 is 5.68. The van der Waals surface area contributed by atoms with Crippen molar-refractivity contribution in [2.75, 3.05) is 0 Å². The van der Waals surface area contributed by atoms with Gasteiger partial charge in [0.2, 0.25) is 0 Å². The second-order valence-electron chi connectivity index (χ2n) is 4.89. The quantitative estimate of drug-likeness (QED) is 0.629. The van der Waals surface area contributed by atoms with Crippen molar-refractivity contribution in [2.24, 2.45) is 0 Å². The van der Waals surface area contributed by atoms with Crippen LogP contribution >= 0.6 is 0 Å². The van der Waals surface area contributed by atoms with Crippen LogP contribution < -0.4 is 0 Å². The monoisotopic (exact) mass is 262 g/mol. The maximum absolute atomic E-state index is 12.4. The van der Waals surface area contributed by atoms with Crippen LogP contribution in [0.15, 0.2) is 59.0 Å². The van der Waals surface area contributed by atoms with Crippen LogP contribution in [0.4, 0.5) is 0 Å². The number of carbonyl (C=O) groups excluding carboxylic acids is 2. The number of hydrogen-bond acceptors (Lipinski definition) is 3. The third kappa shape index (κ3) is 1.40. The van der Waals surface area contributed by atoms with E-state index in [1.807, 2.05) is 24.3 Å². The first-order valence-electron chi connectivity index (χ1n) is 6.41. The Morgan fingerprint density at radius 1 is 0.800 bits per heavy atom. The number of fused-ring (bicyclic) bond motifs is 2. The summed E-state index contributed by atoms with van der Waals surface area (Å²) in [6.45, 7) is 0. The maximum atomic E-state index is 12.4. The van der Waals surface area contributed by atoms with E-state index >= 15 is 0 Å². The summed E-state index contributed by atoms with van der Waals surface area (Å²) in [4.78, 5) is 24.8. The summed E-state index contributed by atoms with van der Waals surface area (Å²) >= 11 is 0. The highest BCUT2D eigenvalue weighted by atomic mass is 16.3. The highest BCUT2D eigenvalue weighted by Gasteiger charge is 2.41. The van der Waals surface area contributed by atoms with Gasteiger partial charge < -0.3 is 4.42 Å². The smallest absolute Gasteiger partial charge is 0.182 e. The zero-order valence-corrected chi connectivity index (χ0v) is 10.5. The van der Waals surface area contributed by atoms with Crippen molar-refractivity contribution in [3.8, 4) is 0 Å². The molecule has 0 unspecified atom stereocenters. The molecule has 1 heterocycles. The third-order valence-corrected chi connectivity index (χ3v) is 3.71. The number of Topliss-reactive ketones (excluding diaryl/α,β-unsaturated/α-hetero) is 2. The molecule has 3 aromatic rings. The Kier molecular flexibility index (Phi) is 2.18. The van der Waals surface area contributed by atoms with Gasteiger partial charge in [-0.2, -0.15) is 0 Å². The summed E-state index contributed by atoms with van der Waals surface area (Å²) in [5.74, 6) is -0.758. The molecule has 1 aromatic heterocycles. The summed E-state index contributed by atoms with van der Waals surface area (Å²) in [6.07, 6.45) is 0. The number of furan rings is 1. The molecule has 96 valence electrons. The molecule has 0 atom stereocenters. The molecular weight excluding hydrogens is 252 g/mol. The van der Waals surface area contributed by atoms with Crippen LogP contribution in [0.2, 0.25) is 0 Å². The van der Waals surface area contributed by atoms with Crippen molar-refractivity contribution in [2.45, 2.75) is 5.92 Å². The molecular formula is C17H10O3. The topological polar surface area (TPSA) is 47.3 Å². The average molecular weight is 262 g/mol. The lowest BCUT2D eigenvalue weighted by molar-refractivity contribution is 0.0879. The van der Waals surface area contributed by atoms with Crippen molar-refractivity contribution in [3.05, 3.63) is 71.5 Å². The predicted octanol–water partition coefficient (Wildman–Crippen LogP) is 3.60. The average Bonchev–Trinajstić information content (AvgIpc) is 3.00. The molecule has 0 aliphatic heterocycles. The van der Waals surface area contributed by atoms with Crippen molar-refractivity contribution >= 4 is 22.5 Å². The van der Waals surface area contributed by atoms with E-state index < -0.39 is 5.92 Å². The Morgan fingerprint density at radius 2 is 1.40 bits per heavy atom. The number of carbonyl (C=O) groups is 2. The van der Waals surface area contributed by atoms with Crippen molar-refractivity contribution in [1.82, 2.24) is 0 Å². The van der Waals surface area contributed by atoms with E-state index in [4.69, 9.17) is 4.42 Å². The van der Waals surface area contributed by atoms with Crippen LogP contribution in [0.3, 0.4) is 0 Å². The molecule has 3 nitrogen and oxygen atoms in total. The molecule has 0 fully saturated rings. The van der Waals surface area contributed by atoms with E-state index in [-0.39, 0.29) is 11.6 Å².